The maximum absolute atomic E-state index is 5.92. The van der Waals surface area contributed by atoms with Crippen molar-refractivity contribution in [2.75, 3.05) is 0 Å². The fourth-order valence-corrected chi connectivity index (χ4v) is 3.90. The summed E-state index contributed by atoms with van der Waals surface area (Å²) >= 11 is 0. The molecule has 21 heavy (non-hydrogen) atoms. The fraction of sp³-hybridized carbons (Fsp3) is 0.684. The van der Waals surface area contributed by atoms with Gasteiger partial charge in [0, 0.05) is 6.04 Å². The molecule has 2 heteroatoms. The molecule has 0 heterocycles. The molecule has 0 amide bonds. The molecular formula is C19H32N2. The fourth-order valence-electron chi connectivity index (χ4n) is 3.90. The highest BCUT2D eigenvalue weighted by Gasteiger charge is 2.28. The zero-order chi connectivity index (χ0) is 15.2. The third kappa shape index (κ3) is 4.55. The number of rotatable bonds is 6. The minimum atomic E-state index is 0.312. The van der Waals surface area contributed by atoms with Crippen LogP contribution >= 0.6 is 0 Å². The van der Waals surface area contributed by atoms with Crippen LogP contribution in [-0.2, 0) is 6.42 Å². The van der Waals surface area contributed by atoms with Gasteiger partial charge in [-0.1, -0.05) is 64.3 Å². The molecule has 2 rings (SSSR count). The van der Waals surface area contributed by atoms with Crippen molar-refractivity contribution in [3.05, 3.63) is 35.4 Å². The Bertz CT molecular complexity index is 427. The number of hydrogen-bond acceptors (Lipinski definition) is 2. The lowest BCUT2D eigenvalue weighted by molar-refractivity contribution is 0.210. The van der Waals surface area contributed by atoms with Gasteiger partial charge in [0.05, 0.1) is 0 Å². The first-order valence-corrected chi connectivity index (χ1v) is 8.69. The van der Waals surface area contributed by atoms with Gasteiger partial charge in [-0.2, -0.15) is 0 Å². The number of hydrogen-bond donors (Lipinski definition) is 2. The predicted molar refractivity (Wildman–Crippen MR) is 90.8 cm³/mol. The van der Waals surface area contributed by atoms with Crippen LogP contribution in [-0.4, -0.2) is 0 Å². The van der Waals surface area contributed by atoms with Gasteiger partial charge in [0.15, 0.2) is 0 Å². The number of hydrazine groups is 1. The van der Waals surface area contributed by atoms with E-state index in [0.717, 1.165) is 12.3 Å². The molecule has 1 aromatic rings. The minimum Gasteiger partial charge on any atom is -0.271 e. The van der Waals surface area contributed by atoms with E-state index in [2.05, 4.69) is 50.5 Å². The van der Waals surface area contributed by atoms with E-state index in [-0.39, 0.29) is 0 Å². The average Bonchev–Trinajstić information content (AvgIpc) is 2.48. The van der Waals surface area contributed by atoms with Crippen molar-refractivity contribution in [1.29, 1.82) is 0 Å². The van der Waals surface area contributed by atoms with Crippen molar-refractivity contribution in [2.45, 2.75) is 65.3 Å². The van der Waals surface area contributed by atoms with Crippen LogP contribution in [0.25, 0.3) is 0 Å². The molecule has 1 aliphatic rings. The minimum absolute atomic E-state index is 0.312. The third-order valence-electron chi connectivity index (χ3n) is 5.01. The van der Waals surface area contributed by atoms with Gasteiger partial charge >= 0.3 is 0 Å². The van der Waals surface area contributed by atoms with E-state index >= 15 is 0 Å². The van der Waals surface area contributed by atoms with Crippen LogP contribution in [0.5, 0.6) is 0 Å². The highest BCUT2D eigenvalue weighted by atomic mass is 15.2. The van der Waals surface area contributed by atoms with E-state index < -0.39 is 0 Å². The Balaban J connectivity index is 2.12. The van der Waals surface area contributed by atoms with E-state index in [0.29, 0.717) is 17.9 Å². The van der Waals surface area contributed by atoms with Crippen LogP contribution in [0.15, 0.2) is 24.3 Å². The number of nitrogens with one attached hydrogen (secondary N) is 1. The average molecular weight is 288 g/mol. The van der Waals surface area contributed by atoms with E-state index in [4.69, 9.17) is 5.84 Å². The molecule has 1 fully saturated rings. The lowest BCUT2D eigenvalue weighted by Gasteiger charge is -2.34. The summed E-state index contributed by atoms with van der Waals surface area (Å²) in [5.41, 5.74) is 5.92. The second-order valence-corrected chi connectivity index (χ2v) is 7.19. The van der Waals surface area contributed by atoms with Crippen LogP contribution in [0.1, 0.15) is 70.0 Å². The zero-order valence-corrected chi connectivity index (χ0v) is 13.9. The molecule has 118 valence electrons. The van der Waals surface area contributed by atoms with E-state index in [1.165, 1.54) is 43.2 Å². The molecular weight excluding hydrogens is 256 g/mol. The van der Waals surface area contributed by atoms with Crippen molar-refractivity contribution in [2.24, 2.45) is 23.6 Å². The maximum Gasteiger partial charge on any atom is 0.0488 e. The SMILES string of the molecule is CCC1CCCC(C(NN)c2cccc(CC(C)C)c2)C1. The second-order valence-electron chi connectivity index (χ2n) is 7.19. The van der Waals surface area contributed by atoms with Crippen molar-refractivity contribution < 1.29 is 0 Å². The van der Waals surface area contributed by atoms with E-state index in [1.807, 2.05) is 0 Å². The standard InChI is InChI=1S/C19H32N2/c1-4-15-7-5-9-17(12-15)19(21-20)18-10-6-8-16(13-18)11-14(2)3/h6,8,10,13-15,17,19,21H,4-5,7,9,11-12,20H2,1-3H3. The smallest absolute Gasteiger partial charge is 0.0488 e. The summed E-state index contributed by atoms with van der Waals surface area (Å²) in [7, 11) is 0. The maximum atomic E-state index is 5.92. The second kappa shape index (κ2) is 7.95. The quantitative estimate of drug-likeness (QED) is 0.593. The lowest BCUT2D eigenvalue weighted by Crippen LogP contribution is -2.35. The summed E-state index contributed by atoms with van der Waals surface area (Å²) in [5.74, 6) is 8.19. The van der Waals surface area contributed by atoms with E-state index in [1.54, 1.807) is 0 Å². The normalized spacial score (nSPS) is 24.2. The van der Waals surface area contributed by atoms with Crippen LogP contribution in [0.3, 0.4) is 0 Å². The Morgan fingerprint density at radius 3 is 2.76 bits per heavy atom. The Morgan fingerprint density at radius 1 is 1.29 bits per heavy atom. The predicted octanol–water partition coefficient (Wildman–Crippen LogP) is 4.61. The zero-order valence-electron chi connectivity index (χ0n) is 13.9. The molecule has 0 spiro atoms. The van der Waals surface area contributed by atoms with Gasteiger partial charge in [0.25, 0.3) is 0 Å². The first-order valence-electron chi connectivity index (χ1n) is 8.69. The topological polar surface area (TPSA) is 38.0 Å². The number of nitrogens with two attached hydrogens (primary N) is 1. The molecule has 2 nitrogen and oxygen atoms in total. The molecule has 1 saturated carbocycles. The Labute approximate surface area is 130 Å². The Hall–Kier alpha value is -0.860. The molecule has 0 bridgehead atoms. The molecule has 1 aromatic carbocycles. The van der Waals surface area contributed by atoms with Crippen LogP contribution < -0.4 is 11.3 Å². The van der Waals surface area contributed by atoms with Gasteiger partial charge in [0.2, 0.25) is 0 Å². The van der Waals surface area contributed by atoms with Crippen molar-refractivity contribution in [3.63, 3.8) is 0 Å². The van der Waals surface area contributed by atoms with E-state index in [9.17, 15) is 0 Å². The van der Waals surface area contributed by atoms with Crippen LogP contribution in [0.2, 0.25) is 0 Å². The molecule has 0 saturated heterocycles. The van der Waals surface area contributed by atoms with Gasteiger partial charge < -0.3 is 0 Å². The van der Waals surface area contributed by atoms with Crippen LogP contribution in [0, 0.1) is 17.8 Å². The monoisotopic (exact) mass is 288 g/mol. The summed E-state index contributed by atoms with van der Waals surface area (Å²) in [5, 5.41) is 0. The van der Waals surface area contributed by atoms with Crippen molar-refractivity contribution >= 4 is 0 Å². The van der Waals surface area contributed by atoms with Gasteiger partial charge in [-0.15, -0.1) is 0 Å². The highest BCUT2D eigenvalue weighted by molar-refractivity contribution is 5.27. The molecule has 0 aliphatic heterocycles. The summed E-state index contributed by atoms with van der Waals surface area (Å²) < 4.78 is 0. The molecule has 0 radical (unpaired) electrons. The third-order valence-corrected chi connectivity index (χ3v) is 5.01. The molecule has 0 aromatic heterocycles. The van der Waals surface area contributed by atoms with Crippen molar-refractivity contribution in [3.8, 4) is 0 Å². The van der Waals surface area contributed by atoms with Crippen molar-refractivity contribution in [1.82, 2.24) is 5.43 Å². The Kier molecular flexibility index (Phi) is 6.25. The van der Waals surface area contributed by atoms with Gasteiger partial charge in [-0.25, -0.2) is 0 Å². The molecule has 3 unspecified atom stereocenters. The van der Waals surface area contributed by atoms with Gasteiger partial charge in [0.1, 0.15) is 0 Å². The number of benzene rings is 1. The lowest BCUT2D eigenvalue weighted by atomic mass is 9.75. The summed E-state index contributed by atoms with van der Waals surface area (Å²) in [6.07, 6.45) is 7.83. The highest BCUT2D eigenvalue weighted by Crippen LogP contribution is 2.38. The van der Waals surface area contributed by atoms with Gasteiger partial charge in [-0.3, -0.25) is 11.3 Å². The van der Waals surface area contributed by atoms with Gasteiger partial charge in [-0.05, 0) is 48.1 Å². The largest absolute Gasteiger partial charge is 0.271 e. The summed E-state index contributed by atoms with van der Waals surface area (Å²) in [4.78, 5) is 0. The van der Waals surface area contributed by atoms with Crippen LogP contribution in [0.4, 0.5) is 0 Å². The first kappa shape index (κ1) is 16.5. The Morgan fingerprint density at radius 2 is 2.10 bits per heavy atom. The molecule has 3 atom stereocenters. The summed E-state index contributed by atoms with van der Waals surface area (Å²) in [6, 6.07) is 9.35. The molecule has 1 aliphatic carbocycles. The molecule has 3 N–H and O–H groups in total. The first-order chi connectivity index (χ1) is 10.1. The summed E-state index contributed by atoms with van der Waals surface area (Å²) in [6.45, 7) is 6.87.